The minimum Gasteiger partial charge on any atom is -0.496 e. The molecule has 0 unspecified atom stereocenters. The second-order valence-corrected chi connectivity index (χ2v) is 4.92. The van der Waals surface area contributed by atoms with Gasteiger partial charge in [-0.3, -0.25) is 0 Å². The van der Waals surface area contributed by atoms with Gasteiger partial charge in [0.25, 0.3) is 0 Å². The lowest BCUT2D eigenvalue weighted by Gasteiger charge is -2.21. The number of rotatable bonds is 2. The number of halogens is 1. The Morgan fingerprint density at radius 2 is 2.00 bits per heavy atom. The van der Waals surface area contributed by atoms with Crippen molar-refractivity contribution >= 4 is 15.9 Å². The second kappa shape index (κ2) is 4.24. The van der Waals surface area contributed by atoms with E-state index in [2.05, 4.69) is 22.0 Å². The van der Waals surface area contributed by atoms with E-state index in [0.29, 0.717) is 0 Å². The number of methoxy groups -OCH3 is 1. The molecule has 80 valence electrons. The lowest BCUT2D eigenvalue weighted by molar-refractivity contribution is 0.402. The van der Waals surface area contributed by atoms with E-state index in [-0.39, 0.29) is 0 Å². The fourth-order valence-corrected chi connectivity index (χ4v) is 2.59. The van der Waals surface area contributed by atoms with Crippen molar-refractivity contribution in [2.75, 3.05) is 7.11 Å². The number of nitrogens with zero attached hydrogens (tertiary/aromatic N) is 1. The van der Waals surface area contributed by atoms with Crippen molar-refractivity contribution in [3.8, 4) is 11.8 Å². The quantitative estimate of drug-likeness (QED) is 0.821. The van der Waals surface area contributed by atoms with Gasteiger partial charge in [-0.05, 0) is 38.5 Å². The van der Waals surface area contributed by atoms with Gasteiger partial charge in [-0.15, -0.1) is 0 Å². The Balaban J connectivity index is 3.48. The zero-order valence-electron chi connectivity index (χ0n) is 9.39. The number of hydrogen-bond acceptors (Lipinski definition) is 2. The van der Waals surface area contributed by atoms with Crippen molar-refractivity contribution in [1.29, 1.82) is 5.26 Å². The van der Waals surface area contributed by atoms with Gasteiger partial charge in [0.15, 0.2) is 0 Å². The Labute approximate surface area is 99.0 Å². The van der Waals surface area contributed by atoms with Crippen LogP contribution < -0.4 is 4.74 Å². The van der Waals surface area contributed by atoms with Crippen molar-refractivity contribution in [3.63, 3.8) is 0 Å². The predicted octanol–water partition coefficient (Wildman–Crippen LogP) is 3.57. The van der Waals surface area contributed by atoms with Crippen LogP contribution in [-0.4, -0.2) is 7.11 Å². The molecule has 1 aromatic rings. The monoisotopic (exact) mass is 267 g/mol. The molecule has 0 aliphatic rings. The van der Waals surface area contributed by atoms with Gasteiger partial charge in [0.1, 0.15) is 5.75 Å². The average Bonchev–Trinajstić information content (AvgIpc) is 2.15. The summed E-state index contributed by atoms with van der Waals surface area (Å²) >= 11 is 3.48. The van der Waals surface area contributed by atoms with Crippen LogP contribution in [0.1, 0.15) is 25.0 Å². The van der Waals surface area contributed by atoms with E-state index in [4.69, 9.17) is 10.00 Å². The molecular formula is C12H14BrNO. The molecule has 0 N–H and O–H groups in total. The minimum absolute atomic E-state index is 0.558. The zero-order valence-corrected chi connectivity index (χ0v) is 11.0. The molecule has 0 spiro atoms. The Morgan fingerprint density at radius 3 is 2.47 bits per heavy atom. The van der Waals surface area contributed by atoms with E-state index < -0.39 is 5.41 Å². The van der Waals surface area contributed by atoms with Gasteiger partial charge in [0, 0.05) is 10.0 Å². The first-order valence-corrected chi connectivity index (χ1v) is 5.47. The summed E-state index contributed by atoms with van der Waals surface area (Å²) in [4.78, 5) is 0. The second-order valence-electron chi connectivity index (χ2n) is 4.06. The zero-order chi connectivity index (χ0) is 11.6. The van der Waals surface area contributed by atoms with Crippen LogP contribution in [0.15, 0.2) is 16.6 Å². The third kappa shape index (κ3) is 2.32. The lowest BCUT2D eigenvalue weighted by Crippen LogP contribution is -2.16. The molecule has 0 aliphatic carbocycles. The van der Waals surface area contributed by atoms with E-state index in [1.165, 1.54) is 0 Å². The molecule has 0 heterocycles. The van der Waals surface area contributed by atoms with Gasteiger partial charge in [-0.25, -0.2) is 0 Å². The van der Waals surface area contributed by atoms with Gasteiger partial charge in [-0.1, -0.05) is 15.9 Å². The largest absolute Gasteiger partial charge is 0.496 e. The molecule has 0 amide bonds. The summed E-state index contributed by atoms with van der Waals surface area (Å²) in [6, 6.07) is 6.22. The van der Waals surface area contributed by atoms with Crippen molar-refractivity contribution in [1.82, 2.24) is 0 Å². The molecule has 0 saturated heterocycles. The molecule has 1 aromatic carbocycles. The molecule has 0 bridgehead atoms. The van der Waals surface area contributed by atoms with Crippen molar-refractivity contribution < 1.29 is 4.74 Å². The maximum atomic E-state index is 9.13. The number of aryl methyl sites for hydroxylation is 1. The summed E-state index contributed by atoms with van der Waals surface area (Å²) < 4.78 is 6.24. The molecule has 1 rings (SSSR count). The van der Waals surface area contributed by atoms with Gasteiger partial charge >= 0.3 is 0 Å². The Morgan fingerprint density at radius 1 is 1.40 bits per heavy atom. The average molecular weight is 268 g/mol. The van der Waals surface area contributed by atoms with Gasteiger partial charge in [0.2, 0.25) is 0 Å². The molecule has 0 radical (unpaired) electrons. The number of ether oxygens (including phenoxy) is 1. The normalized spacial score (nSPS) is 10.9. The van der Waals surface area contributed by atoms with Crippen LogP contribution in [0.5, 0.6) is 5.75 Å². The standard InChI is InChI=1S/C12H14BrNO/c1-8-5-9(13)11(10(6-8)15-4)12(2,3)7-14/h5-6H,1-4H3. The molecule has 2 nitrogen and oxygen atoms in total. The van der Waals surface area contributed by atoms with Crippen LogP contribution in [0.4, 0.5) is 0 Å². The minimum atomic E-state index is -0.558. The molecule has 0 aromatic heterocycles. The molecule has 0 atom stereocenters. The van der Waals surface area contributed by atoms with Crippen LogP contribution in [0.25, 0.3) is 0 Å². The first kappa shape index (κ1) is 12.1. The molecule has 0 fully saturated rings. The summed E-state index contributed by atoms with van der Waals surface area (Å²) in [6.45, 7) is 5.76. The highest BCUT2D eigenvalue weighted by molar-refractivity contribution is 9.10. The van der Waals surface area contributed by atoms with Gasteiger partial charge in [-0.2, -0.15) is 5.26 Å². The maximum absolute atomic E-state index is 9.13. The summed E-state index contributed by atoms with van der Waals surface area (Å²) in [5.41, 5.74) is 1.45. The van der Waals surface area contributed by atoms with E-state index in [1.807, 2.05) is 32.9 Å². The van der Waals surface area contributed by atoms with Crippen LogP contribution in [-0.2, 0) is 5.41 Å². The fourth-order valence-electron chi connectivity index (χ4n) is 1.53. The Kier molecular flexibility index (Phi) is 3.41. The third-order valence-corrected chi connectivity index (χ3v) is 2.95. The first-order valence-electron chi connectivity index (χ1n) is 4.68. The summed E-state index contributed by atoms with van der Waals surface area (Å²) in [5, 5.41) is 9.13. The predicted molar refractivity (Wildman–Crippen MR) is 64.1 cm³/mol. The maximum Gasteiger partial charge on any atom is 0.125 e. The molecular weight excluding hydrogens is 254 g/mol. The number of nitriles is 1. The van der Waals surface area contributed by atoms with Crippen molar-refractivity contribution in [2.24, 2.45) is 0 Å². The van der Waals surface area contributed by atoms with E-state index in [1.54, 1.807) is 7.11 Å². The van der Waals surface area contributed by atoms with Crippen LogP contribution >= 0.6 is 15.9 Å². The molecule has 3 heteroatoms. The van der Waals surface area contributed by atoms with E-state index in [9.17, 15) is 0 Å². The van der Waals surface area contributed by atoms with Crippen LogP contribution in [0, 0.1) is 18.3 Å². The highest BCUT2D eigenvalue weighted by Gasteiger charge is 2.26. The number of hydrogen-bond donors (Lipinski definition) is 0. The molecule has 15 heavy (non-hydrogen) atoms. The number of benzene rings is 1. The summed E-state index contributed by atoms with van der Waals surface area (Å²) in [5.74, 6) is 0.758. The van der Waals surface area contributed by atoms with E-state index >= 15 is 0 Å². The molecule has 0 aliphatic heterocycles. The van der Waals surface area contributed by atoms with Crippen molar-refractivity contribution in [2.45, 2.75) is 26.2 Å². The summed E-state index contributed by atoms with van der Waals surface area (Å²) in [6.07, 6.45) is 0. The third-order valence-electron chi connectivity index (χ3n) is 2.32. The highest BCUT2D eigenvalue weighted by Crippen LogP contribution is 2.37. The highest BCUT2D eigenvalue weighted by atomic mass is 79.9. The lowest BCUT2D eigenvalue weighted by atomic mass is 9.85. The topological polar surface area (TPSA) is 33.0 Å². The Bertz CT molecular complexity index is 418. The summed E-state index contributed by atoms with van der Waals surface area (Å²) in [7, 11) is 1.62. The smallest absolute Gasteiger partial charge is 0.125 e. The van der Waals surface area contributed by atoms with Crippen LogP contribution in [0.3, 0.4) is 0 Å². The van der Waals surface area contributed by atoms with Gasteiger partial charge in [0.05, 0.1) is 18.6 Å². The fraction of sp³-hybridized carbons (Fsp3) is 0.417. The van der Waals surface area contributed by atoms with Gasteiger partial charge < -0.3 is 4.74 Å². The van der Waals surface area contributed by atoms with Crippen LogP contribution in [0.2, 0.25) is 0 Å². The SMILES string of the molecule is COc1cc(C)cc(Br)c1C(C)(C)C#N. The van der Waals surface area contributed by atoms with Crippen molar-refractivity contribution in [3.05, 3.63) is 27.7 Å². The molecule has 0 saturated carbocycles. The first-order chi connectivity index (χ1) is 6.92. The van der Waals surface area contributed by atoms with E-state index in [0.717, 1.165) is 21.3 Å². The Hall–Kier alpha value is -1.01.